The van der Waals surface area contributed by atoms with Crippen molar-refractivity contribution in [1.29, 1.82) is 0 Å². The Morgan fingerprint density at radius 1 is 0.565 bits per heavy atom. The Labute approximate surface area is 360 Å². The van der Waals surface area contributed by atoms with Crippen molar-refractivity contribution in [1.82, 2.24) is 0 Å². The van der Waals surface area contributed by atoms with Gasteiger partial charge in [0.15, 0.2) is 11.5 Å². The van der Waals surface area contributed by atoms with E-state index in [1.807, 2.05) is 0 Å². The number of aromatic hydroxyl groups is 2. The third-order valence-corrected chi connectivity index (χ3v) is 11.8. The molecule has 0 atom stereocenters. The largest absolute Gasteiger partial charge is 0.505 e. The van der Waals surface area contributed by atoms with Gasteiger partial charge in [0.1, 0.15) is 21.2 Å². The Bertz CT molecular complexity index is 3010. The number of rotatable bonds is 17. The molecule has 62 heavy (non-hydrogen) atoms. The van der Waals surface area contributed by atoms with Gasteiger partial charge in [-0.05, 0) is 82.6 Å². The van der Waals surface area contributed by atoms with Gasteiger partial charge in [-0.15, -0.1) is 23.2 Å². The van der Waals surface area contributed by atoms with Crippen LogP contribution in [0.15, 0.2) is 124 Å². The highest BCUT2D eigenvalue weighted by atomic mass is 32.2. The van der Waals surface area contributed by atoms with Crippen LogP contribution in [0.4, 0.5) is 34.1 Å². The minimum absolute atomic E-state index is 0.0129. The number of nitrogens with zero attached hydrogens (tertiary/aromatic N) is 4. The lowest BCUT2D eigenvalue weighted by molar-refractivity contribution is -0.432. The van der Waals surface area contributed by atoms with Crippen LogP contribution in [0, 0.1) is 0 Å². The first-order valence-electron chi connectivity index (χ1n) is 16.4. The number of hydrogen-bond donors (Lipinski definition) is 9. The molecule has 0 aliphatic heterocycles. The fourth-order valence-corrected chi connectivity index (χ4v) is 8.47. The second kappa shape index (κ2) is 19.7. The molecule has 0 aliphatic rings. The molecule has 324 valence electrons. The van der Waals surface area contributed by atoms with Crippen molar-refractivity contribution >= 4 is 124 Å². The maximum Gasteiger partial charge on any atom is 0.296 e. The summed E-state index contributed by atoms with van der Waals surface area (Å²) >= 11 is 1.51. The molecule has 0 spiro atoms. The molecular formula is C34H26N6O17S5. The average molecular weight is 951 g/mol. The average Bonchev–Trinajstić information content (AvgIpc) is 3.22. The van der Waals surface area contributed by atoms with Crippen molar-refractivity contribution in [2.24, 2.45) is 20.5 Å². The SMILES string of the molecule is Nc1ccc2cc(SOOO)c(N=Nc3ccc(C=Cc4ccc(N=Nc5c(S(=O)(=O)O)cc6cc(SOOO)cc(N)c6c5O)cc4S(=O)(=O)O)c(SOOO)c3)c(O)c2c1. The topological polar surface area (TPSA) is 367 Å². The van der Waals surface area contributed by atoms with Crippen LogP contribution in [0.25, 0.3) is 33.7 Å². The van der Waals surface area contributed by atoms with E-state index in [9.17, 15) is 36.2 Å². The zero-order chi connectivity index (χ0) is 44.8. The molecule has 0 amide bonds. The van der Waals surface area contributed by atoms with Crippen molar-refractivity contribution in [2.45, 2.75) is 24.5 Å². The minimum Gasteiger partial charge on any atom is -0.505 e. The summed E-state index contributed by atoms with van der Waals surface area (Å²) in [5.74, 6) is -1.16. The number of benzene rings is 6. The fourth-order valence-electron chi connectivity index (χ4n) is 5.65. The van der Waals surface area contributed by atoms with Gasteiger partial charge in [-0.3, -0.25) is 9.11 Å². The minimum atomic E-state index is -5.09. The summed E-state index contributed by atoms with van der Waals surface area (Å²) in [5, 5.41) is 75.7. The molecule has 0 heterocycles. The molecule has 0 unspecified atom stereocenters. The van der Waals surface area contributed by atoms with E-state index < -0.39 is 41.5 Å². The number of nitrogens with two attached hydrogens (primary N) is 2. The molecule has 0 saturated heterocycles. The van der Waals surface area contributed by atoms with E-state index in [4.69, 9.17) is 27.2 Å². The van der Waals surface area contributed by atoms with Gasteiger partial charge in [0, 0.05) is 31.9 Å². The first-order valence-corrected chi connectivity index (χ1v) is 21.5. The van der Waals surface area contributed by atoms with Gasteiger partial charge < -0.3 is 21.7 Å². The van der Waals surface area contributed by atoms with E-state index in [1.165, 1.54) is 60.7 Å². The van der Waals surface area contributed by atoms with Gasteiger partial charge >= 0.3 is 0 Å². The lowest BCUT2D eigenvalue weighted by Crippen LogP contribution is -2.01. The molecule has 23 nitrogen and oxygen atoms in total. The second-order valence-electron chi connectivity index (χ2n) is 12.0. The molecule has 0 fully saturated rings. The van der Waals surface area contributed by atoms with Crippen LogP contribution in [0.5, 0.6) is 11.5 Å². The van der Waals surface area contributed by atoms with Crippen LogP contribution in [0.3, 0.4) is 0 Å². The Hall–Kier alpha value is -5.51. The van der Waals surface area contributed by atoms with Crippen LogP contribution >= 0.6 is 36.1 Å². The molecule has 28 heteroatoms. The quantitative estimate of drug-likeness (QED) is 0.00781. The predicted molar refractivity (Wildman–Crippen MR) is 222 cm³/mol. The van der Waals surface area contributed by atoms with Gasteiger partial charge in [0.05, 0.1) is 52.4 Å². The summed E-state index contributed by atoms with van der Waals surface area (Å²) in [6, 6.07) is 17.5. The molecule has 0 saturated carbocycles. The maximum absolute atomic E-state index is 12.6. The maximum atomic E-state index is 12.6. The predicted octanol–water partition coefficient (Wildman–Crippen LogP) is 9.35. The third kappa shape index (κ3) is 10.7. The Morgan fingerprint density at radius 3 is 1.82 bits per heavy atom. The van der Waals surface area contributed by atoms with E-state index >= 15 is 0 Å². The van der Waals surface area contributed by atoms with Gasteiger partial charge in [-0.25, -0.2) is 15.8 Å². The van der Waals surface area contributed by atoms with Crippen LogP contribution in [-0.2, 0) is 48.4 Å². The second-order valence-corrected chi connectivity index (χ2v) is 17.1. The Morgan fingerprint density at radius 2 is 1.16 bits per heavy atom. The van der Waals surface area contributed by atoms with Crippen LogP contribution in [0.2, 0.25) is 0 Å². The van der Waals surface area contributed by atoms with E-state index in [-0.39, 0.29) is 59.5 Å². The highest BCUT2D eigenvalue weighted by Gasteiger charge is 2.24. The van der Waals surface area contributed by atoms with Crippen LogP contribution in [0.1, 0.15) is 11.1 Å². The first-order chi connectivity index (χ1) is 29.5. The summed E-state index contributed by atoms with van der Waals surface area (Å²) in [6.45, 7) is 0. The summed E-state index contributed by atoms with van der Waals surface area (Å²) in [7, 11) is -10.1. The van der Waals surface area contributed by atoms with Crippen molar-refractivity contribution in [3.8, 4) is 11.5 Å². The van der Waals surface area contributed by atoms with Crippen molar-refractivity contribution in [2.75, 3.05) is 11.5 Å². The summed E-state index contributed by atoms with van der Waals surface area (Å²) in [5.41, 5.74) is 11.4. The van der Waals surface area contributed by atoms with Gasteiger partial charge in [0.25, 0.3) is 20.2 Å². The van der Waals surface area contributed by atoms with Gasteiger partial charge in [-0.2, -0.15) is 27.1 Å². The number of fused-ring (bicyclic) bond motifs is 2. The first kappa shape index (κ1) is 46.0. The fraction of sp³-hybridized carbons (Fsp3) is 0. The van der Waals surface area contributed by atoms with E-state index in [0.717, 1.165) is 12.1 Å². The smallest absolute Gasteiger partial charge is 0.296 e. The van der Waals surface area contributed by atoms with Crippen molar-refractivity contribution in [3.05, 3.63) is 90.0 Å². The summed E-state index contributed by atoms with van der Waals surface area (Å²) in [4.78, 5) is -1.02. The van der Waals surface area contributed by atoms with Crippen molar-refractivity contribution < 1.29 is 80.0 Å². The molecule has 6 rings (SSSR count). The molecule has 0 bridgehead atoms. The molecule has 6 aromatic rings. The zero-order valence-electron chi connectivity index (χ0n) is 30.4. The monoisotopic (exact) mass is 950 g/mol. The third-order valence-electron chi connectivity index (χ3n) is 8.22. The molecule has 0 aliphatic carbocycles. The standard InChI is InChI=1S/C34H26N6O17S5/c35-20-6-3-18-10-27(60-57-54-45)31(33(41)24(18)12-20)39-37-21-7-4-16(26(13-21)59-56-53-44)1-2-17-5-8-22(14-28(17)61(46,47)48)38-40-32-29(62(49,50)51)11-19-9-23(58-55-52-43)15-25(36)30(19)34(32)42/h1-15,41-45H,35-36H2,(H,46,47,48)(H,49,50,51). The number of phenolic OH excluding ortho intramolecular Hbond substituents is 2. The highest BCUT2D eigenvalue weighted by Crippen LogP contribution is 2.46. The lowest BCUT2D eigenvalue weighted by atomic mass is 10.1. The number of anilines is 2. The van der Waals surface area contributed by atoms with Crippen LogP contribution < -0.4 is 11.5 Å². The van der Waals surface area contributed by atoms with E-state index in [0.29, 0.717) is 58.2 Å². The normalized spacial score (nSPS) is 12.5. The van der Waals surface area contributed by atoms with E-state index in [2.05, 4.69) is 48.6 Å². The van der Waals surface area contributed by atoms with Gasteiger partial charge in [-0.1, -0.05) is 45.5 Å². The number of hydrogen-bond acceptors (Lipinski definition) is 24. The van der Waals surface area contributed by atoms with Crippen LogP contribution in [-0.4, -0.2) is 51.9 Å². The molecule has 6 aromatic carbocycles. The zero-order valence-corrected chi connectivity index (χ0v) is 34.4. The Balaban J connectivity index is 1.34. The molecule has 0 aromatic heterocycles. The van der Waals surface area contributed by atoms with E-state index in [1.54, 1.807) is 18.2 Å². The molecule has 11 N–H and O–H groups in total. The van der Waals surface area contributed by atoms with Crippen molar-refractivity contribution in [3.63, 3.8) is 0 Å². The molecule has 0 radical (unpaired) electrons. The number of nitrogen functional groups attached to an aromatic ring is 2. The van der Waals surface area contributed by atoms with Gasteiger partial charge in [0.2, 0.25) is 0 Å². The molecular weight excluding hydrogens is 925 g/mol. The summed E-state index contributed by atoms with van der Waals surface area (Å²) < 4.78 is 83.5. The summed E-state index contributed by atoms with van der Waals surface area (Å²) in [6.07, 6.45) is 2.66. The lowest BCUT2D eigenvalue weighted by Gasteiger charge is -2.12. The highest BCUT2D eigenvalue weighted by molar-refractivity contribution is 7.95. The number of phenols is 2. The number of azo groups is 2. The Kier molecular flexibility index (Phi) is 14.6.